The number of carboxylic acid groups (broad SMARTS) is 1. The molecule has 1 rings (SSSR count). The number of nitriles is 1. The number of nitrogens with zero attached hydrogens (tertiary/aromatic N) is 2. The molecule has 80 valence electrons. The summed E-state index contributed by atoms with van der Waals surface area (Å²) in [5, 5.41) is 17.3. The molecule has 0 aliphatic rings. The molecular formula is C11H14N2O2. The van der Waals surface area contributed by atoms with Crippen molar-refractivity contribution >= 4 is 5.97 Å². The summed E-state index contributed by atoms with van der Waals surface area (Å²) in [7, 11) is 0. The number of rotatable bonds is 5. The molecule has 0 fully saturated rings. The van der Waals surface area contributed by atoms with Gasteiger partial charge in [-0.3, -0.25) is 0 Å². The van der Waals surface area contributed by atoms with E-state index in [1.54, 1.807) is 23.8 Å². The van der Waals surface area contributed by atoms with Crippen molar-refractivity contribution in [2.24, 2.45) is 0 Å². The molecule has 1 aromatic rings. The molecule has 0 spiro atoms. The van der Waals surface area contributed by atoms with Gasteiger partial charge in [-0.1, -0.05) is 0 Å². The Balaban J connectivity index is 2.62. The molecule has 4 nitrogen and oxygen atoms in total. The molecule has 1 aromatic heterocycles. The van der Waals surface area contributed by atoms with Crippen molar-refractivity contribution in [2.45, 2.75) is 32.7 Å². The number of unbranched alkanes of at least 4 members (excludes halogenated alkanes) is 2. The maximum absolute atomic E-state index is 10.9. The van der Waals surface area contributed by atoms with Crippen LogP contribution in [0.2, 0.25) is 0 Å². The second-order valence-corrected chi connectivity index (χ2v) is 3.46. The normalized spacial score (nSPS) is 9.87. The summed E-state index contributed by atoms with van der Waals surface area (Å²) < 4.78 is 1.73. The van der Waals surface area contributed by atoms with Crippen LogP contribution in [0.1, 0.15) is 35.3 Å². The zero-order chi connectivity index (χ0) is 11.3. The first kappa shape index (κ1) is 11.3. The summed E-state index contributed by atoms with van der Waals surface area (Å²) in [6, 6.07) is 3.87. The van der Waals surface area contributed by atoms with Crippen LogP contribution < -0.4 is 0 Å². The molecule has 0 amide bonds. The quantitative estimate of drug-likeness (QED) is 0.751. The van der Waals surface area contributed by atoms with E-state index < -0.39 is 5.97 Å². The van der Waals surface area contributed by atoms with Crippen LogP contribution in [0, 0.1) is 18.3 Å². The molecule has 0 unspecified atom stereocenters. The van der Waals surface area contributed by atoms with E-state index in [4.69, 9.17) is 10.4 Å². The fourth-order valence-electron chi connectivity index (χ4n) is 1.55. The molecule has 0 aliphatic heterocycles. The molecule has 4 heteroatoms. The number of aryl methyl sites for hydroxylation is 2. The van der Waals surface area contributed by atoms with E-state index in [2.05, 4.69) is 6.07 Å². The molecule has 15 heavy (non-hydrogen) atoms. The van der Waals surface area contributed by atoms with Gasteiger partial charge in [0.05, 0.1) is 6.07 Å². The van der Waals surface area contributed by atoms with E-state index in [0.29, 0.717) is 18.7 Å². The van der Waals surface area contributed by atoms with Crippen molar-refractivity contribution in [2.75, 3.05) is 0 Å². The second kappa shape index (κ2) is 5.20. The third-order valence-electron chi connectivity index (χ3n) is 2.31. The molecule has 1 heterocycles. The standard InChI is InChI=1S/C11H14N2O2/c1-9-5-8-13(10(9)11(14)15)7-4-2-3-6-12/h5,8H,2-4,7H2,1H3,(H,14,15). The minimum atomic E-state index is -0.891. The largest absolute Gasteiger partial charge is 0.477 e. The van der Waals surface area contributed by atoms with Gasteiger partial charge in [-0.15, -0.1) is 0 Å². The first-order valence-corrected chi connectivity index (χ1v) is 4.92. The highest BCUT2D eigenvalue weighted by Crippen LogP contribution is 2.11. The van der Waals surface area contributed by atoms with Gasteiger partial charge in [0.2, 0.25) is 0 Å². The van der Waals surface area contributed by atoms with Crippen LogP contribution in [-0.2, 0) is 6.54 Å². The number of aromatic carboxylic acids is 1. The Morgan fingerprint density at radius 1 is 1.60 bits per heavy atom. The number of carbonyl (C=O) groups is 1. The van der Waals surface area contributed by atoms with Crippen molar-refractivity contribution in [1.82, 2.24) is 4.57 Å². The highest BCUT2D eigenvalue weighted by atomic mass is 16.4. The minimum absolute atomic E-state index is 0.354. The number of hydrogen-bond donors (Lipinski definition) is 1. The lowest BCUT2D eigenvalue weighted by atomic mass is 10.2. The van der Waals surface area contributed by atoms with E-state index in [-0.39, 0.29) is 0 Å². The Morgan fingerprint density at radius 2 is 2.33 bits per heavy atom. The minimum Gasteiger partial charge on any atom is -0.477 e. The Hall–Kier alpha value is -1.76. The van der Waals surface area contributed by atoms with Gasteiger partial charge in [-0.2, -0.15) is 5.26 Å². The van der Waals surface area contributed by atoms with Crippen LogP contribution in [0.3, 0.4) is 0 Å². The van der Waals surface area contributed by atoms with Crippen LogP contribution in [0.25, 0.3) is 0 Å². The number of carboxylic acids is 1. The third-order valence-corrected chi connectivity index (χ3v) is 2.31. The summed E-state index contributed by atoms with van der Waals surface area (Å²) in [5.74, 6) is -0.891. The van der Waals surface area contributed by atoms with Gasteiger partial charge in [0.25, 0.3) is 0 Å². The molecule has 0 aliphatic carbocycles. The SMILES string of the molecule is Cc1ccn(CCCCC#N)c1C(=O)O. The molecule has 0 radical (unpaired) electrons. The maximum atomic E-state index is 10.9. The van der Waals surface area contributed by atoms with Gasteiger partial charge in [0.15, 0.2) is 0 Å². The molecular weight excluding hydrogens is 192 g/mol. The van der Waals surface area contributed by atoms with Gasteiger partial charge in [0.1, 0.15) is 5.69 Å². The lowest BCUT2D eigenvalue weighted by molar-refractivity contribution is 0.0684. The predicted octanol–water partition coefficient (Wildman–Crippen LogP) is 2.19. The van der Waals surface area contributed by atoms with Crippen LogP contribution in [0.5, 0.6) is 0 Å². The van der Waals surface area contributed by atoms with Gasteiger partial charge >= 0.3 is 5.97 Å². The van der Waals surface area contributed by atoms with Crippen molar-refractivity contribution < 1.29 is 9.90 Å². The molecule has 1 N–H and O–H groups in total. The predicted molar refractivity (Wildman–Crippen MR) is 55.6 cm³/mol. The summed E-state index contributed by atoms with van der Waals surface area (Å²) in [6.07, 6.45) is 3.96. The zero-order valence-electron chi connectivity index (χ0n) is 8.73. The molecule has 0 atom stereocenters. The highest BCUT2D eigenvalue weighted by Gasteiger charge is 2.12. The Bertz CT molecular complexity index is 388. The summed E-state index contributed by atoms with van der Waals surface area (Å²) >= 11 is 0. The topological polar surface area (TPSA) is 66.0 Å². The van der Waals surface area contributed by atoms with E-state index in [1.165, 1.54) is 0 Å². The molecule has 0 saturated carbocycles. The van der Waals surface area contributed by atoms with Gasteiger partial charge in [-0.05, 0) is 31.4 Å². The van der Waals surface area contributed by atoms with Crippen molar-refractivity contribution in [1.29, 1.82) is 5.26 Å². The van der Waals surface area contributed by atoms with E-state index in [1.807, 2.05) is 0 Å². The number of hydrogen-bond acceptors (Lipinski definition) is 2. The van der Waals surface area contributed by atoms with Crippen LogP contribution in [-0.4, -0.2) is 15.6 Å². The molecule has 0 bridgehead atoms. The van der Waals surface area contributed by atoms with E-state index >= 15 is 0 Å². The first-order chi connectivity index (χ1) is 7.16. The van der Waals surface area contributed by atoms with Gasteiger partial charge < -0.3 is 9.67 Å². The Kier molecular flexibility index (Phi) is 3.92. The fourth-order valence-corrected chi connectivity index (χ4v) is 1.55. The lowest BCUT2D eigenvalue weighted by Gasteiger charge is -2.05. The summed E-state index contributed by atoms with van der Waals surface area (Å²) in [4.78, 5) is 10.9. The second-order valence-electron chi connectivity index (χ2n) is 3.46. The fraction of sp³-hybridized carbons (Fsp3) is 0.455. The van der Waals surface area contributed by atoms with Crippen molar-refractivity contribution in [3.63, 3.8) is 0 Å². The average molecular weight is 206 g/mol. The summed E-state index contributed by atoms with van der Waals surface area (Å²) in [5.41, 5.74) is 1.13. The van der Waals surface area contributed by atoms with Crippen LogP contribution in [0.4, 0.5) is 0 Å². The Labute approximate surface area is 88.8 Å². The monoisotopic (exact) mass is 206 g/mol. The highest BCUT2D eigenvalue weighted by molar-refractivity contribution is 5.87. The van der Waals surface area contributed by atoms with Crippen molar-refractivity contribution in [3.8, 4) is 6.07 Å². The van der Waals surface area contributed by atoms with E-state index in [9.17, 15) is 4.79 Å². The summed E-state index contributed by atoms with van der Waals surface area (Å²) in [6.45, 7) is 2.45. The maximum Gasteiger partial charge on any atom is 0.352 e. The molecule has 0 saturated heterocycles. The lowest BCUT2D eigenvalue weighted by Crippen LogP contribution is -2.09. The number of aromatic nitrogens is 1. The van der Waals surface area contributed by atoms with Gasteiger partial charge in [0, 0.05) is 19.2 Å². The van der Waals surface area contributed by atoms with Crippen molar-refractivity contribution in [3.05, 3.63) is 23.5 Å². The van der Waals surface area contributed by atoms with Crippen LogP contribution >= 0.6 is 0 Å². The van der Waals surface area contributed by atoms with Crippen LogP contribution in [0.15, 0.2) is 12.3 Å². The third kappa shape index (κ3) is 2.84. The van der Waals surface area contributed by atoms with E-state index in [0.717, 1.165) is 18.4 Å². The smallest absolute Gasteiger partial charge is 0.352 e. The van der Waals surface area contributed by atoms with Gasteiger partial charge in [-0.25, -0.2) is 4.79 Å². The molecule has 0 aromatic carbocycles. The average Bonchev–Trinajstić information content (AvgIpc) is 2.54. The Morgan fingerprint density at radius 3 is 2.93 bits per heavy atom. The first-order valence-electron chi connectivity index (χ1n) is 4.92. The zero-order valence-corrected chi connectivity index (χ0v) is 8.73.